The van der Waals surface area contributed by atoms with Gasteiger partial charge in [0.25, 0.3) is 0 Å². The first-order chi connectivity index (χ1) is 7.71. The van der Waals surface area contributed by atoms with Gasteiger partial charge in [0.1, 0.15) is 5.88 Å². The highest BCUT2D eigenvalue weighted by Gasteiger charge is 2.12. The van der Waals surface area contributed by atoms with Gasteiger partial charge in [0.15, 0.2) is 0 Å². The Labute approximate surface area is 110 Å². The number of amides is 2. The van der Waals surface area contributed by atoms with E-state index in [0.717, 1.165) is 7.05 Å². The molecule has 0 bridgehead atoms. The van der Waals surface area contributed by atoms with E-state index >= 15 is 0 Å². The Morgan fingerprint density at radius 2 is 2.00 bits per heavy atom. The molecule has 0 fully saturated rings. The minimum atomic E-state index is -1.29. The van der Waals surface area contributed by atoms with Crippen LogP contribution < -0.4 is 0 Å². The number of carbonyl (C=O) groups is 2. The highest BCUT2D eigenvalue weighted by Crippen LogP contribution is 2.17. The Morgan fingerprint density at radius 3 is 2.12 bits per heavy atom. The molecule has 6 nitrogen and oxygen atoms in total. The maximum Gasteiger partial charge on any atom is 0.413 e. The van der Waals surface area contributed by atoms with Crippen LogP contribution in [0.4, 0.5) is 4.79 Å². The average Bonchev–Trinajstić information content (AvgIpc) is 2.27. The molecule has 2 N–H and O–H groups in total. The normalized spacial score (nSPS) is 10.6. The highest BCUT2D eigenvalue weighted by molar-refractivity contribution is 8.00. The van der Waals surface area contributed by atoms with Gasteiger partial charge in [-0.15, -0.1) is 16.8 Å². The summed E-state index contributed by atoms with van der Waals surface area (Å²) >= 11 is 6.68. The van der Waals surface area contributed by atoms with E-state index < -0.39 is 12.0 Å². The van der Waals surface area contributed by atoms with E-state index in [0.29, 0.717) is 4.90 Å². The number of thioether (sulfide) groups is 1. The summed E-state index contributed by atoms with van der Waals surface area (Å²) in [7, 11) is 1.15. The molecule has 0 rings (SSSR count). The van der Waals surface area contributed by atoms with Crippen molar-refractivity contribution in [2.45, 2.75) is 18.6 Å². The molecule has 17 heavy (non-hydrogen) atoms. The van der Waals surface area contributed by atoms with E-state index in [-0.39, 0.29) is 10.6 Å². The van der Waals surface area contributed by atoms with Crippen molar-refractivity contribution in [2.24, 2.45) is 5.16 Å². The fourth-order valence-corrected chi connectivity index (χ4v) is 0.720. The van der Waals surface area contributed by atoms with Crippen LogP contribution in [0.2, 0.25) is 0 Å². The number of imide groups is 1. The first-order valence-electron chi connectivity index (χ1n) is 4.51. The van der Waals surface area contributed by atoms with Gasteiger partial charge >= 0.3 is 6.09 Å². The van der Waals surface area contributed by atoms with Crippen LogP contribution in [-0.4, -0.2) is 57.4 Å². The predicted octanol–water partition coefficient (Wildman–Crippen LogP) is 1.95. The number of hydrogen-bond acceptors (Lipinski definition) is 5. The molecule has 0 unspecified atom stereocenters. The molecule has 8 heteroatoms. The van der Waals surface area contributed by atoms with Gasteiger partial charge in [-0.1, -0.05) is 0 Å². The molecule has 0 aromatic rings. The Kier molecular flexibility index (Phi) is 9.88. The molecule has 0 aliphatic heterocycles. The van der Waals surface area contributed by atoms with Gasteiger partial charge in [-0.05, 0) is 20.1 Å². The molecule has 0 atom stereocenters. The topological polar surface area (TPSA) is 90.2 Å². The summed E-state index contributed by atoms with van der Waals surface area (Å²) in [5.41, 5.74) is 0. The number of carbonyl (C=O) groups excluding carboxylic acids is 1. The third-order valence-corrected chi connectivity index (χ3v) is 3.06. The van der Waals surface area contributed by atoms with Crippen LogP contribution in [0.5, 0.6) is 0 Å². The molecule has 0 saturated carbocycles. The summed E-state index contributed by atoms with van der Waals surface area (Å²) in [6.45, 7) is 3.97. The van der Waals surface area contributed by atoms with E-state index in [1.54, 1.807) is 11.8 Å². The summed E-state index contributed by atoms with van der Waals surface area (Å²) in [4.78, 5) is 20.8. The lowest BCUT2D eigenvalue weighted by Crippen LogP contribution is -2.32. The third-order valence-electron chi connectivity index (χ3n) is 1.67. The summed E-state index contributed by atoms with van der Waals surface area (Å²) in [6, 6.07) is 0. The largest absolute Gasteiger partial charge is 0.465 e. The van der Waals surface area contributed by atoms with Crippen LogP contribution >= 0.6 is 23.4 Å². The Morgan fingerprint density at radius 1 is 1.53 bits per heavy atom. The first kappa shape index (κ1) is 18.4. The van der Waals surface area contributed by atoms with Gasteiger partial charge in [-0.2, -0.15) is 11.8 Å². The minimum Gasteiger partial charge on any atom is -0.465 e. The van der Waals surface area contributed by atoms with Gasteiger partial charge in [-0.25, -0.2) is 9.69 Å². The van der Waals surface area contributed by atoms with Crippen molar-refractivity contribution in [3.05, 3.63) is 0 Å². The lowest BCUT2D eigenvalue weighted by molar-refractivity contribution is -0.125. The molecule has 100 valence electrons. The van der Waals surface area contributed by atoms with Crippen LogP contribution in [0.25, 0.3) is 0 Å². The van der Waals surface area contributed by atoms with E-state index in [1.807, 2.05) is 20.1 Å². The van der Waals surface area contributed by atoms with Gasteiger partial charge in [0.05, 0.1) is 6.21 Å². The van der Waals surface area contributed by atoms with Crippen LogP contribution in [-0.2, 0) is 4.79 Å². The fraction of sp³-hybridized carbons (Fsp3) is 0.667. The number of alkyl halides is 1. The van der Waals surface area contributed by atoms with Crippen LogP contribution in [0, 0.1) is 0 Å². The SMILES string of the molecule is CN(C(=O)O)C(=O)CCl.CSC(C)(C)/C=N/O. The molecule has 0 heterocycles. The lowest BCUT2D eigenvalue weighted by Gasteiger charge is -2.12. The highest BCUT2D eigenvalue weighted by atomic mass is 35.5. The third kappa shape index (κ3) is 9.95. The zero-order valence-electron chi connectivity index (χ0n) is 10.2. The van der Waals surface area contributed by atoms with Gasteiger partial charge < -0.3 is 10.3 Å². The summed E-state index contributed by atoms with van der Waals surface area (Å²) in [6.07, 6.45) is 2.19. The summed E-state index contributed by atoms with van der Waals surface area (Å²) in [5.74, 6) is -0.924. The van der Waals surface area contributed by atoms with Gasteiger partial charge in [-0.3, -0.25) is 4.79 Å². The fourth-order valence-electron chi connectivity index (χ4n) is 0.388. The number of halogens is 1. The Hall–Kier alpha value is -0.950. The van der Waals surface area contributed by atoms with E-state index in [9.17, 15) is 9.59 Å². The van der Waals surface area contributed by atoms with Gasteiger partial charge in [0.2, 0.25) is 5.91 Å². The molecule has 0 radical (unpaired) electrons. The standard InChI is InChI=1S/C5H11NOS.C4H6ClNO3/c1-5(2,8-3)4-6-7;1-6(4(8)9)3(7)2-5/h4,7H,1-3H3;2H2,1H3,(H,8,9)/b6-4+;. The molecule has 0 aliphatic carbocycles. The second-order valence-electron chi connectivity index (χ2n) is 3.42. The molecular weight excluding hydrogens is 268 g/mol. The Balaban J connectivity index is 0. The molecule has 0 spiro atoms. The van der Waals surface area contributed by atoms with Crippen molar-refractivity contribution < 1.29 is 19.9 Å². The number of rotatable bonds is 3. The lowest BCUT2D eigenvalue weighted by atomic mass is 10.2. The molecule has 0 aliphatic rings. The maximum absolute atomic E-state index is 10.4. The monoisotopic (exact) mass is 284 g/mol. The van der Waals surface area contributed by atoms with E-state index in [4.69, 9.17) is 21.9 Å². The zero-order valence-corrected chi connectivity index (χ0v) is 11.7. The van der Waals surface area contributed by atoms with Crippen LogP contribution in [0.1, 0.15) is 13.8 Å². The zero-order chi connectivity index (χ0) is 14.1. The van der Waals surface area contributed by atoms with Gasteiger partial charge in [0, 0.05) is 11.8 Å². The Bertz CT molecular complexity index is 284. The summed E-state index contributed by atoms with van der Waals surface area (Å²) < 4.78 is -0.0330. The average molecular weight is 285 g/mol. The maximum atomic E-state index is 10.4. The summed E-state index contributed by atoms with van der Waals surface area (Å²) in [5, 5.41) is 19.2. The van der Waals surface area contributed by atoms with E-state index in [1.165, 1.54) is 6.21 Å². The van der Waals surface area contributed by atoms with Crippen LogP contribution in [0.15, 0.2) is 5.16 Å². The quantitative estimate of drug-likeness (QED) is 0.358. The number of carboxylic acid groups (broad SMARTS) is 1. The molecule has 0 aromatic carbocycles. The number of hydrogen-bond donors (Lipinski definition) is 2. The second kappa shape index (κ2) is 9.12. The first-order valence-corrected chi connectivity index (χ1v) is 6.27. The molecule has 2 amide bonds. The van der Waals surface area contributed by atoms with E-state index in [2.05, 4.69) is 5.16 Å². The second-order valence-corrected chi connectivity index (χ2v) is 5.15. The molecule has 0 saturated heterocycles. The predicted molar refractivity (Wildman–Crippen MR) is 69.4 cm³/mol. The van der Waals surface area contributed by atoms with Crippen molar-refractivity contribution in [1.29, 1.82) is 0 Å². The van der Waals surface area contributed by atoms with Crippen molar-refractivity contribution >= 4 is 41.6 Å². The number of oxime groups is 1. The molecule has 0 aromatic heterocycles. The van der Waals surface area contributed by atoms with Crippen molar-refractivity contribution in [3.8, 4) is 0 Å². The van der Waals surface area contributed by atoms with Crippen molar-refractivity contribution in [3.63, 3.8) is 0 Å². The van der Waals surface area contributed by atoms with Crippen LogP contribution in [0.3, 0.4) is 0 Å². The van der Waals surface area contributed by atoms with Crippen molar-refractivity contribution in [2.75, 3.05) is 19.2 Å². The number of nitrogens with zero attached hydrogens (tertiary/aromatic N) is 2. The smallest absolute Gasteiger partial charge is 0.413 e. The minimum absolute atomic E-state index is 0.0330. The molecular formula is C9H17ClN2O4S. The van der Waals surface area contributed by atoms with Crippen molar-refractivity contribution in [1.82, 2.24) is 4.90 Å².